The molecule has 0 aliphatic rings. The zero-order valence-corrected chi connectivity index (χ0v) is 13.2. The molecule has 106 valence electrons. The fourth-order valence-corrected chi connectivity index (χ4v) is 3.62. The van der Waals surface area contributed by atoms with Crippen molar-refractivity contribution in [2.75, 3.05) is 12.0 Å². The molecule has 1 aromatic rings. The van der Waals surface area contributed by atoms with Gasteiger partial charge in [-0.1, -0.05) is 19.1 Å². The zero-order chi connectivity index (χ0) is 14.5. The average Bonchev–Trinajstić information content (AvgIpc) is 2.38. The van der Waals surface area contributed by atoms with E-state index in [2.05, 4.69) is 9.71 Å². The summed E-state index contributed by atoms with van der Waals surface area (Å²) in [6.07, 6.45) is 3.94. The second-order valence-electron chi connectivity index (χ2n) is 3.93. The summed E-state index contributed by atoms with van der Waals surface area (Å²) >= 11 is 6.37. The number of hydrogen-bond donors (Lipinski definition) is 2. The van der Waals surface area contributed by atoms with Crippen LogP contribution >= 0.6 is 24.0 Å². The molecule has 1 unspecified atom stereocenters. The van der Waals surface area contributed by atoms with Crippen molar-refractivity contribution in [3.05, 3.63) is 24.0 Å². The summed E-state index contributed by atoms with van der Waals surface area (Å²) in [6, 6.07) is 2.87. The van der Waals surface area contributed by atoms with Gasteiger partial charge < -0.3 is 5.73 Å². The van der Waals surface area contributed by atoms with Crippen LogP contribution in [-0.4, -0.2) is 36.4 Å². The van der Waals surface area contributed by atoms with Crippen LogP contribution in [-0.2, 0) is 10.0 Å². The quantitative estimate of drug-likeness (QED) is 0.733. The Morgan fingerprint density at radius 1 is 1.58 bits per heavy atom. The number of hydrogen-bond acceptors (Lipinski definition) is 5. The van der Waals surface area contributed by atoms with E-state index < -0.39 is 10.0 Å². The predicted octanol–water partition coefficient (Wildman–Crippen LogP) is 1.14. The molecule has 0 amide bonds. The van der Waals surface area contributed by atoms with Gasteiger partial charge in [0.25, 0.3) is 0 Å². The fourth-order valence-electron chi connectivity index (χ4n) is 1.41. The molecule has 3 N–H and O–H groups in total. The third-order valence-corrected chi connectivity index (χ3v) is 4.93. The van der Waals surface area contributed by atoms with Gasteiger partial charge in [-0.25, -0.2) is 13.1 Å². The highest BCUT2D eigenvalue weighted by molar-refractivity contribution is 7.98. The Morgan fingerprint density at radius 3 is 2.68 bits per heavy atom. The largest absolute Gasteiger partial charge is 0.388 e. The maximum absolute atomic E-state index is 12.1. The molecular formula is C11H17N3O2S3. The van der Waals surface area contributed by atoms with E-state index in [-0.39, 0.29) is 15.9 Å². The maximum Gasteiger partial charge on any atom is 0.242 e. The first kappa shape index (κ1) is 16.4. The SMILES string of the molecule is CCC(CSC)NS(=O)(=O)c1ccc(C(N)=S)nc1. The summed E-state index contributed by atoms with van der Waals surface area (Å²) in [5, 5.41) is 0. The molecule has 0 bridgehead atoms. The molecule has 0 saturated carbocycles. The van der Waals surface area contributed by atoms with Gasteiger partial charge in [0, 0.05) is 18.0 Å². The van der Waals surface area contributed by atoms with Crippen LogP contribution < -0.4 is 10.5 Å². The minimum Gasteiger partial charge on any atom is -0.388 e. The van der Waals surface area contributed by atoms with Gasteiger partial charge in [0.05, 0.1) is 5.69 Å². The zero-order valence-electron chi connectivity index (χ0n) is 10.8. The summed E-state index contributed by atoms with van der Waals surface area (Å²) in [4.78, 5) is 4.19. The smallest absolute Gasteiger partial charge is 0.242 e. The number of aromatic nitrogens is 1. The maximum atomic E-state index is 12.1. The first-order valence-electron chi connectivity index (χ1n) is 5.67. The number of rotatable bonds is 7. The van der Waals surface area contributed by atoms with E-state index in [1.165, 1.54) is 18.3 Å². The fraction of sp³-hybridized carbons (Fsp3) is 0.455. The van der Waals surface area contributed by atoms with Gasteiger partial charge in [0.2, 0.25) is 10.0 Å². The van der Waals surface area contributed by atoms with E-state index in [1.54, 1.807) is 11.8 Å². The number of nitrogens with zero attached hydrogens (tertiary/aromatic N) is 1. The van der Waals surface area contributed by atoms with Crippen LogP contribution in [0.15, 0.2) is 23.2 Å². The molecule has 1 rings (SSSR count). The lowest BCUT2D eigenvalue weighted by molar-refractivity contribution is 0.558. The van der Waals surface area contributed by atoms with Crippen molar-refractivity contribution >= 4 is 39.0 Å². The van der Waals surface area contributed by atoms with Crippen molar-refractivity contribution in [2.24, 2.45) is 5.73 Å². The molecule has 0 radical (unpaired) electrons. The minimum atomic E-state index is -3.55. The number of nitrogens with one attached hydrogen (secondary N) is 1. The summed E-state index contributed by atoms with van der Waals surface area (Å²) in [7, 11) is -3.55. The molecule has 0 aromatic carbocycles. The standard InChI is InChI=1S/C11H17N3O2S3/c1-3-8(7-18-2)14-19(15,16)9-4-5-10(11(12)17)13-6-9/h4-6,8,14H,3,7H2,1-2H3,(H2,12,17). The Morgan fingerprint density at radius 2 is 2.26 bits per heavy atom. The van der Waals surface area contributed by atoms with E-state index in [0.29, 0.717) is 5.69 Å². The van der Waals surface area contributed by atoms with E-state index in [9.17, 15) is 8.42 Å². The molecule has 1 aromatic heterocycles. The molecule has 0 aliphatic carbocycles. The Kier molecular flexibility index (Phi) is 6.18. The van der Waals surface area contributed by atoms with Crippen LogP contribution in [0.4, 0.5) is 0 Å². The first-order valence-corrected chi connectivity index (χ1v) is 8.96. The Labute approximate surface area is 123 Å². The highest BCUT2D eigenvalue weighted by Crippen LogP contribution is 2.11. The normalized spacial score (nSPS) is 13.2. The lowest BCUT2D eigenvalue weighted by Gasteiger charge is -2.15. The number of pyridine rings is 1. The number of nitrogens with two attached hydrogens (primary N) is 1. The van der Waals surface area contributed by atoms with Crippen LogP contribution in [0.3, 0.4) is 0 Å². The molecule has 8 heteroatoms. The summed E-state index contributed by atoms with van der Waals surface area (Å²) in [6.45, 7) is 1.94. The van der Waals surface area contributed by atoms with Crippen molar-refractivity contribution in [2.45, 2.75) is 24.3 Å². The van der Waals surface area contributed by atoms with Crippen LogP contribution in [0.25, 0.3) is 0 Å². The average molecular weight is 319 g/mol. The van der Waals surface area contributed by atoms with E-state index in [0.717, 1.165) is 12.2 Å². The van der Waals surface area contributed by atoms with Gasteiger partial charge >= 0.3 is 0 Å². The second-order valence-corrected chi connectivity index (χ2v) is 6.99. The Bertz CT molecular complexity index is 529. The van der Waals surface area contributed by atoms with Crippen LogP contribution in [0.5, 0.6) is 0 Å². The van der Waals surface area contributed by atoms with Gasteiger partial charge in [0.15, 0.2) is 0 Å². The lowest BCUT2D eigenvalue weighted by Crippen LogP contribution is -2.36. The summed E-state index contributed by atoms with van der Waals surface area (Å²) in [5.41, 5.74) is 5.82. The molecule has 0 spiro atoms. The topological polar surface area (TPSA) is 85.1 Å². The van der Waals surface area contributed by atoms with Crippen molar-refractivity contribution in [3.8, 4) is 0 Å². The highest BCUT2D eigenvalue weighted by atomic mass is 32.2. The third kappa shape index (κ3) is 4.72. The van der Waals surface area contributed by atoms with Crippen molar-refractivity contribution in [1.82, 2.24) is 9.71 Å². The van der Waals surface area contributed by atoms with Gasteiger partial charge in [-0.15, -0.1) is 0 Å². The van der Waals surface area contributed by atoms with E-state index in [4.69, 9.17) is 18.0 Å². The minimum absolute atomic E-state index is 0.0877. The van der Waals surface area contributed by atoms with Crippen LogP contribution in [0, 0.1) is 0 Å². The molecule has 1 heterocycles. The summed E-state index contributed by atoms with van der Waals surface area (Å²) < 4.78 is 26.9. The van der Waals surface area contributed by atoms with Crippen molar-refractivity contribution in [3.63, 3.8) is 0 Å². The molecule has 1 atom stereocenters. The predicted molar refractivity (Wildman–Crippen MR) is 82.9 cm³/mol. The van der Waals surface area contributed by atoms with Gasteiger partial charge in [-0.3, -0.25) is 4.98 Å². The molecule has 5 nitrogen and oxygen atoms in total. The molecule has 0 aliphatic heterocycles. The van der Waals surface area contributed by atoms with Crippen molar-refractivity contribution in [1.29, 1.82) is 0 Å². The molecule has 19 heavy (non-hydrogen) atoms. The number of thiocarbonyl (C=S) groups is 1. The van der Waals surface area contributed by atoms with Gasteiger partial charge in [0.1, 0.15) is 9.88 Å². The third-order valence-electron chi connectivity index (χ3n) is 2.48. The summed E-state index contributed by atoms with van der Waals surface area (Å²) in [5.74, 6) is 0.730. The Hall–Kier alpha value is -0.700. The van der Waals surface area contributed by atoms with Gasteiger partial charge in [-0.2, -0.15) is 11.8 Å². The monoisotopic (exact) mass is 319 g/mol. The first-order chi connectivity index (χ1) is 8.90. The highest BCUT2D eigenvalue weighted by Gasteiger charge is 2.19. The molecule has 0 fully saturated rings. The second kappa shape index (κ2) is 7.18. The number of sulfonamides is 1. The molecular weight excluding hydrogens is 302 g/mol. The van der Waals surface area contributed by atoms with Gasteiger partial charge in [-0.05, 0) is 24.8 Å². The molecule has 0 saturated heterocycles. The number of thioether (sulfide) groups is 1. The van der Waals surface area contributed by atoms with Crippen LogP contribution in [0.2, 0.25) is 0 Å². The Balaban J connectivity index is 2.90. The van der Waals surface area contributed by atoms with Crippen molar-refractivity contribution < 1.29 is 8.42 Å². The van der Waals surface area contributed by atoms with Crippen LogP contribution in [0.1, 0.15) is 19.0 Å². The lowest BCUT2D eigenvalue weighted by atomic mass is 10.3. The van der Waals surface area contributed by atoms with E-state index >= 15 is 0 Å². The van der Waals surface area contributed by atoms with E-state index in [1.807, 2.05) is 13.2 Å².